The summed E-state index contributed by atoms with van der Waals surface area (Å²) in [7, 11) is 0. The summed E-state index contributed by atoms with van der Waals surface area (Å²) in [5, 5.41) is 5.06. The first kappa shape index (κ1) is 25.4. The Bertz CT molecular complexity index is 942. The SMILES string of the molecule is C=C(CCNC=O)NC(=O)COc1ccc(Cl)c(F)c1.Fc1cc2c(cc1Cl)OCCC2. The normalized spacial score (nSPS) is 11.8. The maximum absolute atomic E-state index is 13.1. The van der Waals surface area contributed by atoms with E-state index in [9.17, 15) is 18.4 Å². The highest BCUT2D eigenvalue weighted by atomic mass is 35.5. The average molecular weight is 487 g/mol. The van der Waals surface area contributed by atoms with Crippen LogP contribution >= 0.6 is 23.2 Å². The van der Waals surface area contributed by atoms with E-state index in [1.54, 1.807) is 6.07 Å². The third kappa shape index (κ3) is 8.36. The molecule has 3 rings (SSSR count). The van der Waals surface area contributed by atoms with Crippen LogP contribution < -0.4 is 20.1 Å². The number of nitrogens with one attached hydrogen (secondary N) is 2. The second kappa shape index (κ2) is 12.9. The highest BCUT2D eigenvalue weighted by molar-refractivity contribution is 6.31. The monoisotopic (exact) mass is 486 g/mol. The lowest BCUT2D eigenvalue weighted by atomic mass is 10.1. The maximum Gasteiger partial charge on any atom is 0.262 e. The van der Waals surface area contributed by atoms with Gasteiger partial charge in [-0.2, -0.15) is 0 Å². The number of carbonyl (C=O) groups excluding carboxylic acids is 2. The molecule has 0 atom stereocenters. The molecule has 0 saturated heterocycles. The number of halogens is 4. The number of benzene rings is 2. The van der Waals surface area contributed by atoms with Crippen molar-refractivity contribution in [1.82, 2.24) is 10.6 Å². The number of amides is 2. The lowest BCUT2D eigenvalue weighted by molar-refractivity contribution is -0.122. The van der Waals surface area contributed by atoms with Crippen molar-refractivity contribution >= 4 is 35.5 Å². The molecule has 0 unspecified atom stereocenters. The van der Waals surface area contributed by atoms with Crippen molar-refractivity contribution in [2.24, 2.45) is 0 Å². The molecule has 1 aliphatic rings. The molecule has 0 aromatic heterocycles. The smallest absolute Gasteiger partial charge is 0.262 e. The molecule has 172 valence electrons. The third-order valence-corrected chi connectivity index (χ3v) is 4.78. The van der Waals surface area contributed by atoms with Gasteiger partial charge >= 0.3 is 0 Å². The summed E-state index contributed by atoms with van der Waals surface area (Å²) in [5.41, 5.74) is 1.37. The van der Waals surface area contributed by atoms with Gasteiger partial charge in [0.1, 0.15) is 23.1 Å². The molecule has 0 fully saturated rings. The Morgan fingerprint density at radius 1 is 1.19 bits per heavy atom. The van der Waals surface area contributed by atoms with Gasteiger partial charge in [0, 0.05) is 30.8 Å². The largest absolute Gasteiger partial charge is 0.493 e. The van der Waals surface area contributed by atoms with Crippen LogP contribution in [0.5, 0.6) is 11.5 Å². The van der Waals surface area contributed by atoms with Crippen LogP contribution in [-0.4, -0.2) is 32.1 Å². The summed E-state index contributed by atoms with van der Waals surface area (Å²) in [6.45, 7) is 4.43. The van der Waals surface area contributed by atoms with Crippen molar-refractivity contribution in [3.8, 4) is 11.5 Å². The number of aryl methyl sites for hydroxylation is 1. The Hall–Kier alpha value is -2.84. The topological polar surface area (TPSA) is 76.7 Å². The van der Waals surface area contributed by atoms with Crippen LogP contribution in [0.4, 0.5) is 8.78 Å². The van der Waals surface area contributed by atoms with Gasteiger partial charge in [0.05, 0.1) is 16.7 Å². The Kier molecular flexibility index (Phi) is 10.2. The van der Waals surface area contributed by atoms with Crippen LogP contribution in [0.3, 0.4) is 0 Å². The molecule has 6 nitrogen and oxygen atoms in total. The van der Waals surface area contributed by atoms with Crippen LogP contribution in [0.25, 0.3) is 0 Å². The second-order valence-electron chi connectivity index (χ2n) is 6.66. The van der Waals surface area contributed by atoms with Gasteiger partial charge in [-0.1, -0.05) is 29.8 Å². The number of ether oxygens (including phenoxy) is 2. The number of hydrogen-bond acceptors (Lipinski definition) is 4. The minimum absolute atomic E-state index is 0.0159. The Labute approximate surface area is 194 Å². The van der Waals surface area contributed by atoms with Gasteiger partial charge in [-0.15, -0.1) is 0 Å². The molecule has 0 bridgehead atoms. The van der Waals surface area contributed by atoms with E-state index < -0.39 is 11.7 Å². The molecule has 0 saturated carbocycles. The molecule has 2 amide bonds. The molecule has 2 N–H and O–H groups in total. The van der Waals surface area contributed by atoms with Crippen molar-refractivity contribution in [2.75, 3.05) is 19.8 Å². The standard InChI is InChI=1S/C13H14ClFN2O3.C9H8ClFO/c1-9(4-5-16-8-18)17-13(19)7-20-10-2-3-11(14)12(15)6-10;10-7-5-9-6(4-8(7)11)2-1-3-12-9/h2-3,6,8H,1,4-5,7H2,(H,16,18)(H,17,19);4-5H,1-3H2. The summed E-state index contributed by atoms with van der Waals surface area (Å²) in [5.74, 6) is -0.464. The first-order chi connectivity index (χ1) is 15.3. The third-order valence-electron chi connectivity index (χ3n) is 4.18. The van der Waals surface area contributed by atoms with E-state index in [4.69, 9.17) is 32.7 Å². The fraction of sp³-hybridized carbons (Fsp3) is 0.273. The minimum atomic E-state index is -0.617. The quantitative estimate of drug-likeness (QED) is 0.427. The number of fused-ring (bicyclic) bond motifs is 1. The van der Waals surface area contributed by atoms with Crippen LogP contribution in [-0.2, 0) is 16.0 Å². The van der Waals surface area contributed by atoms with Gasteiger partial charge in [-0.05, 0) is 36.6 Å². The van der Waals surface area contributed by atoms with E-state index in [0.29, 0.717) is 31.7 Å². The van der Waals surface area contributed by atoms with E-state index in [-0.39, 0.29) is 28.2 Å². The van der Waals surface area contributed by atoms with Crippen molar-refractivity contribution in [1.29, 1.82) is 0 Å². The van der Waals surface area contributed by atoms with Gasteiger partial charge in [0.15, 0.2) is 6.61 Å². The van der Waals surface area contributed by atoms with Gasteiger partial charge in [0.25, 0.3) is 5.91 Å². The minimum Gasteiger partial charge on any atom is -0.493 e. The predicted octanol–water partition coefficient (Wildman–Crippen LogP) is 4.43. The van der Waals surface area contributed by atoms with Crippen LogP contribution in [0.2, 0.25) is 10.0 Å². The highest BCUT2D eigenvalue weighted by Gasteiger charge is 2.13. The summed E-state index contributed by atoms with van der Waals surface area (Å²) in [4.78, 5) is 21.5. The van der Waals surface area contributed by atoms with E-state index in [0.717, 1.165) is 30.2 Å². The first-order valence-electron chi connectivity index (χ1n) is 9.63. The van der Waals surface area contributed by atoms with E-state index in [2.05, 4.69) is 17.2 Å². The Morgan fingerprint density at radius 2 is 1.94 bits per heavy atom. The molecule has 10 heteroatoms. The van der Waals surface area contributed by atoms with Gasteiger partial charge in [-0.3, -0.25) is 9.59 Å². The number of rotatable bonds is 8. The lowest BCUT2D eigenvalue weighted by Gasteiger charge is -2.17. The van der Waals surface area contributed by atoms with Crippen LogP contribution in [0, 0.1) is 11.6 Å². The Balaban J connectivity index is 0.000000255. The summed E-state index contributed by atoms with van der Waals surface area (Å²) in [6.07, 6.45) is 2.81. The fourth-order valence-corrected chi connectivity index (χ4v) is 2.91. The molecule has 1 heterocycles. The lowest BCUT2D eigenvalue weighted by Crippen LogP contribution is -2.29. The van der Waals surface area contributed by atoms with Gasteiger partial charge < -0.3 is 20.1 Å². The molecule has 32 heavy (non-hydrogen) atoms. The van der Waals surface area contributed by atoms with Crippen LogP contribution in [0.15, 0.2) is 42.6 Å². The van der Waals surface area contributed by atoms with Crippen molar-refractivity contribution in [2.45, 2.75) is 19.3 Å². The van der Waals surface area contributed by atoms with Gasteiger partial charge in [0.2, 0.25) is 6.41 Å². The summed E-state index contributed by atoms with van der Waals surface area (Å²) in [6, 6.07) is 6.90. The number of carbonyl (C=O) groups is 2. The van der Waals surface area contributed by atoms with Gasteiger partial charge in [-0.25, -0.2) is 8.78 Å². The van der Waals surface area contributed by atoms with E-state index >= 15 is 0 Å². The van der Waals surface area contributed by atoms with Crippen molar-refractivity contribution in [3.63, 3.8) is 0 Å². The van der Waals surface area contributed by atoms with E-state index in [1.807, 2.05) is 0 Å². The number of hydrogen-bond donors (Lipinski definition) is 2. The molecule has 0 aliphatic carbocycles. The predicted molar refractivity (Wildman–Crippen MR) is 118 cm³/mol. The highest BCUT2D eigenvalue weighted by Crippen LogP contribution is 2.29. The van der Waals surface area contributed by atoms with Crippen molar-refractivity contribution in [3.05, 3.63) is 69.9 Å². The van der Waals surface area contributed by atoms with Crippen molar-refractivity contribution < 1.29 is 27.8 Å². The molecule has 0 radical (unpaired) electrons. The molecule has 0 spiro atoms. The first-order valence-corrected chi connectivity index (χ1v) is 10.4. The summed E-state index contributed by atoms with van der Waals surface area (Å²) < 4.78 is 36.5. The molecule has 2 aromatic rings. The van der Waals surface area contributed by atoms with Crippen LogP contribution in [0.1, 0.15) is 18.4 Å². The zero-order chi connectivity index (χ0) is 23.5. The second-order valence-corrected chi connectivity index (χ2v) is 7.48. The average Bonchev–Trinajstić information content (AvgIpc) is 2.76. The fourth-order valence-electron chi connectivity index (χ4n) is 2.64. The Morgan fingerprint density at radius 3 is 2.66 bits per heavy atom. The molecule has 2 aromatic carbocycles. The molecular formula is C22H22Cl2F2N2O4. The summed E-state index contributed by atoms with van der Waals surface area (Å²) >= 11 is 11.1. The molecule has 1 aliphatic heterocycles. The van der Waals surface area contributed by atoms with E-state index in [1.165, 1.54) is 18.2 Å². The molecular weight excluding hydrogens is 465 g/mol. The maximum atomic E-state index is 13.1. The zero-order valence-electron chi connectivity index (χ0n) is 17.1. The zero-order valence-corrected chi connectivity index (χ0v) is 18.6.